The van der Waals surface area contributed by atoms with Gasteiger partial charge in [-0.15, -0.1) is 0 Å². The molecule has 0 radical (unpaired) electrons. The SMILES string of the molecule is CC(=NC1CC2(CCN(C3COC3)CC2)C1)/C(=C\N)c1cnc(/C(C#N)=C\N)c(OC(C)c2ccccn2)c1. The number of hydrogen-bond donors (Lipinski definition) is 2. The molecule has 1 saturated carbocycles. The molecule has 1 aliphatic carbocycles. The number of piperidine rings is 1. The summed E-state index contributed by atoms with van der Waals surface area (Å²) in [7, 11) is 0. The maximum Gasteiger partial charge on any atom is 0.148 e. The molecule has 1 atom stereocenters. The van der Waals surface area contributed by atoms with Gasteiger partial charge in [-0.05, 0) is 76.2 Å². The Morgan fingerprint density at radius 3 is 2.59 bits per heavy atom. The number of aromatic nitrogens is 2. The molecule has 9 nitrogen and oxygen atoms in total. The van der Waals surface area contributed by atoms with Crippen molar-refractivity contribution in [2.45, 2.75) is 57.7 Å². The predicted octanol–water partition coefficient (Wildman–Crippen LogP) is 3.84. The molecule has 3 fully saturated rings. The fraction of sp³-hybridized carbons (Fsp3) is 0.467. The molecule has 204 valence electrons. The molecule has 0 amide bonds. The molecule has 39 heavy (non-hydrogen) atoms. The first-order valence-electron chi connectivity index (χ1n) is 13.6. The van der Waals surface area contributed by atoms with Crippen LogP contribution in [-0.2, 0) is 4.74 Å². The highest BCUT2D eigenvalue weighted by Crippen LogP contribution is 2.51. The number of pyridine rings is 2. The smallest absolute Gasteiger partial charge is 0.148 e. The molecule has 2 saturated heterocycles. The number of nitrogens with zero attached hydrogens (tertiary/aromatic N) is 5. The summed E-state index contributed by atoms with van der Waals surface area (Å²) in [6, 6.07) is 10.5. The van der Waals surface area contributed by atoms with Crippen LogP contribution in [0.25, 0.3) is 11.1 Å². The van der Waals surface area contributed by atoms with E-state index in [4.69, 9.17) is 25.9 Å². The van der Waals surface area contributed by atoms with E-state index in [0.29, 0.717) is 28.9 Å². The average molecular weight is 528 g/mol. The monoisotopic (exact) mass is 527 g/mol. The molecular formula is C30H37N7O2. The van der Waals surface area contributed by atoms with Crippen LogP contribution >= 0.6 is 0 Å². The Balaban J connectivity index is 1.31. The number of likely N-dealkylation sites (tertiary alicyclic amines) is 1. The van der Waals surface area contributed by atoms with E-state index in [1.807, 2.05) is 38.1 Å². The molecule has 0 bridgehead atoms. The van der Waals surface area contributed by atoms with Crippen LogP contribution < -0.4 is 16.2 Å². The lowest BCUT2D eigenvalue weighted by atomic mass is 9.60. The van der Waals surface area contributed by atoms with Gasteiger partial charge in [0.2, 0.25) is 0 Å². The minimum absolute atomic E-state index is 0.226. The zero-order valence-electron chi connectivity index (χ0n) is 22.7. The van der Waals surface area contributed by atoms with Gasteiger partial charge < -0.3 is 20.9 Å². The summed E-state index contributed by atoms with van der Waals surface area (Å²) in [5.41, 5.74) is 16.0. The van der Waals surface area contributed by atoms with Gasteiger partial charge in [0.25, 0.3) is 0 Å². The van der Waals surface area contributed by atoms with E-state index in [0.717, 1.165) is 61.7 Å². The lowest BCUT2D eigenvalue weighted by Gasteiger charge is -2.53. The lowest BCUT2D eigenvalue weighted by Crippen LogP contribution is -2.56. The van der Waals surface area contributed by atoms with Gasteiger partial charge in [-0.25, -0.2) is 0 Å². The van der Waals surface area contributed by atoms with Gasteiger partial charge in [0.1, 0.15) is 23.6 Å². The summed E-state index contributed by atoms with van der Waals surface area (Å²) in [4.78, 5) is 16.6. The van der Waals surface area contributed by atoms with E-state index < -0.39 is 0 Å². The minimum Gasteiger partial charge on any atom is -0.482 e. The minimum atomic E-state index is -0.366. The van der Waals surface area contributed by atoms with E-state index in [-0.39, 0.29) is 11.7 Å². The Morgan fingerprint density at radius 2 is 2.00 bits per heavy atom. The molecule has 4 heterocycles. The van der Waals surface area contributed by atoms with Gasteiger partial charge in [-0.2, -0.15) is 5.26 Å². The van der Waals surface area contributed by atoms with Gasteiger partial charge in [0.05, 0.1) is 36.6 Å². The van der Waals surface area contributed by atoms with Crippen LogP contribution in [0.3, 0.4) is 0 Å². The Bertz CT molecular complexity index is 1290. The second kappa shape index (κ2) is 11.6. The molecular weight excluding hydrogens is 490 g/mol. The highest BCUT2D eigenvalue weighted by molar-refractivity contribution is 6.22. The average Bonchev–Trinajstić information content (AvgIpc) is 2.90. The van der Waals surface area contributed by atoms with Crippen molar-refractivity contribution in [2.24, 2.45) is 21.9 Å². The van der Waals surface area contributed by atoms with Crippen LogP contribution in [0.1, 0.15) is 62.6 Å². The molecule has 5 rings (SSSR count). The fourth-order valence-corrected chi connectivity index (χ4v) is 5.93. The predicted molar refractivity (Wildman–Crippen MR) is 151 cm³/mol. The quantitative estimate of drug-likeness (QED) is 0.390. The van der Waals surface area contributed by atoms with Gasteiger partial charge >= 0.3 is 0 Å². The molecule has 1 spiro atoms. The number of ether oxygens (including phenoxy) is 2. The van der Waals surface area contributed by atoms with Crippen molar-refractivity contribution in [1.29, 1.82) is 5.26 Å². The van der Waals surface area contributed by atoms with E-state index in [9.17, 15) is 5.26 Å². The van der Waals surface area contributed by atoms with Gasteiger partial charge in [-0.1, -0.05) is 6.07 Å². The summed E-state index contributed by atoms with van der Waals surface area (Å²) in [5, 5.41) is 9.60. The first kappa shape index (κ1) is 26.9. The Labute approximate surface area is 230 Å². The first-order chi connectivity index (χ1) is 18.9. The summed E-state index contributed by atoms with van der Waals surface area (Å²) >= 11 is 0. The van der Waals surface area contributed by atoms with Crippen molar-refractivity contribution < 1.29 is 9.47 Å². The number of nitrogens with two attached hydrogens (primary N) is 2. The molecule has 1 unspecified atom stereocenters. The largest absolute Gasteiger partial charge is 0.482 e. The van der Waals surface area contributed by atoms with Crippen LogP contribution in [0, 0.1) is 16.7 Å². The standard InChI is InChI=1S/C30H37N7O2/c1-20(36-24-12-30(13-24)6-9-37(10-7-30)25-18-38-19-25)26(16-33)22-11-28(29(35-17-22)23(14-31)15-32)39-21(2)27-5-3-4-8-34-27/h3-5,8,11,14,16-17,21,24-25H,6-7,9-10,12-13,18-19,31,33H2,1-2H3/b23-14-,26-16+,36-20?. The summed E-state index contributed by atoms with van der Waals surface area (Å²) in [6.45, 7) is 8.00. The molecule has 3 aliphatic rings. The Kier molecular flexibility index (Phi) is 7.96. The highest BCUT2D eigenvalue weighted by Gasteiger charge is 2.47. The number of hydrogen-bond acceptors (Lipinski definition) is 9. The van der Waals surface area contributed by atoms with Crippen LogP contribution in [0.4, 0.5) is 0 Å². The van der Waals surface area contributed by atoms with Crippen LogP contribution in [0.5, 0.6) is 5.75 Å². The van der Waals surface area contributed by atoms with E-state index in [2.05, 4.69) is 20.9 Å². The highest BCUT2D eigenvalue weighted by atomic mass is 16.5. The summed E-state index contributed by atoms with van der Waals surface area (Å²) in [6.07, 6.45) is 10.6. The number of allylic oxidation sites excluding steroid dienone is 2. The maximum absolute atomic E-state index is 9.60. The number of nitriles is 1. The van der Waals surface area contributed by atoms with E-state index >= 15 is 0 Å². The number of rotatable bonds is 8. The van der Waals surface area contributed by atoms with Crippen molar-refractivity contribution in [3.63, 3.8) is 0 Å². The number of aliphatic imine (C=N–C) groups is 1. The third-order valence-electron chi connectivity index (χ3n) is 8.38. The van der Waals surface area contributed by atoms with Gasteiger partial charge in [0, 0.05) is 41.6 Å². The zero-order valence-corrected chi connectivity index (χ0v) is 22.7. The molecule has 2 aliphatic heterocycles. The fourth-order valence-electron chi connectivity index (χ4n) is 5.93. The first-order valence-corrected chi connectivity index (χ1v) is 13.6. The summed E-state index contributed by atoms with van der Waals surface area (Å²) in [5.74, 6) is 0.433. The van der Waals surface area contributed by atoms with Gasteiger partial charge in [-0.3, -0.25) is 19.9 Å². The summed E-state index contributed by atoms with van der Waals surface area (Å²) < 4.78 is 11.6. The van der Waals surface area contributed by atoms with Crippen molar-refractivity contribution in [2.75, 3.05) is 26.3 Å². The molecule has 2 aromatic rings. The third kappa shape index (κ3) is 5.68. The second-order valence-corrected chi connectivity index (χ2v) is 10.9. The topological polar surface area (TPSA) is 136 Å². The lowest BCUT2D eigenvalue weighted by molar-refractivity contribution is -0.0918. The third-order valence-corrected chi connectivity index (χ3v) is 8.38. The van der Waals surface area contributed by atoms with Crippen LogP contribution in [0.2, 0.25) is 0 Å². The van der Waals surface area contributed by atoms with Crippen molar-refractivity contribution >= 4 is 16.9 Å². The maximum atomic E-state index is 9.60. The molecule has 4 N–H and O–H groups in total. The zero-order chi connectivity index (χ0) is 27.4. The van der Waals surface area contributed by atoms with E-state index in [1.54, 1.807) is 18.6 Å². The van der Waals surface area contributed by atoms with Crippen LogP contribution in [-0.4, -0.2) is 59.0 Å². The van der Waals surface area contributed by atoms with Crippen molar-refractivity contribution in [3.8, 4) is 11.8 Å². The Hall–Kier alpha value is -3.74. The molecule has 2 aromatic heterocycles. The molecule has 0 aromatic carbocycles. The van der Waals surface area contributed by atoms with Crippen molar-refractivity contribution in [3.05, 3.63) is 66.0 Å². The normalized spacial score (nSPS) is 21.6. The Morgan fingerprint density at radius 1 is 1.23 bits per heavy atom. The van der Waals surface area contributed by atoms with Crippen molar-refractivity contribution in [1.82, 2.24) is 14.9 Å². The van der Waals surface area contributed by atoms with Crippen LogP contribution in [0.15, 0.2) is 54.1 Å². The molecule has 9 heteroatoms. The van der Waals surface area contributed by atoms with Gasteiger partial charge in [0.15, 0.2) is 0 Å². The second-order valence-electron chi connectivity index (χ2n) is 10.9. The van der Waals surface area contributed by atoms with E-state index in [1.165, 1.54) is 19.0 Å².